The Hall–Kier alpha value is -4.21. The standard InChI is InChI=1S/C30H30N2O7/c1-14-4-6-15(7-5-14)8-9-16-10-11-20(33)22-18(16)12-17-13-19-24(32(2)3)26(35)23(29(31)38)28(37)30(19,39)27(36)21(17)25(22)34/h4-11,17,19,24,33-34,37,39H,12-13H2,1-3H3,(H2,31,38)/b9-8+/t17-,19-,24+,30+/m0/s1. The van der Waals surface area contributed by atoms with Gasteiger partial charge >= 0.3 is 0 Å². The maximum absolute atomic E-state index is 13.9. The number of aliphatic hydroxyl groups is 3. The van der Waals surface area contributed by atoms with Crippen LogP contribution in [0.5, 0.6) is 5.75 Å². The van der Waals surface area contributed by atoms with Gasteiger partial charge in [0.2, 0.25) is 5.78 Å². The number of benzene rings is 2. The van der Waals surface area contributed by atoms with E-state index in [1.165, 1.54) is 11.0 Å². The number of primary amides is 1. The smallest absolute Gasteiger partial charge is 0.255 e. The Bertz CT molecular complexity index is 1520. The van der Waals surface area contributed by atoms with Crippen LogP contribution in [-0.2, 0) is 20.8 Å². The number of ketones is 2. The number of carbonyl (C=O) groups excluding carboxylic acids is 3. The number of rotatable bonds is 4. The fourth-order valence-electron chi connectivity index (χ4n) is 6.29. The first-order chi connectivity index (χ1) is 18.4. The number of phenols is 1. The molecule has 2 aromatic rings. The molecule has 5 rings (SSSR count). The predicted molar refractivity (Wildman–Crippen MR) is 144 cm³/mol. The van der Waals surface area contributed by atoms with Gasteiger partial charge in [-0.25, -0.2) is 0 Å². The molecule has 2 aromatic carbocycles. The molecule has 0 unspecified atom stereocenters. The highest BCUT2D eigenvalue weighted by molar-refractivity contribution is 6.24. The summed E-state index contributed by atoms with van der Waals surface area (Å²) in [5, 5.41) is 44.6. The Morgan fingerprint density at radius 2 is 1.72 bits per heavy atom. The summed E-state index contributed by atoms with van der Waals surface area (Å²) in [4.78, 5) is 40.6. The van der Waals surface area contributed by atoms with Crippen LogP contribution in [0.2, 0.25) is 0 Å². The van der Waals surface area contributed by atoms with E-state index < -0.39 is 58.0 Å². The summed E-state index contributed by atoms with van der Waals surface area (Å²) in [6.45, 7) is 1.99. The van der Waals surface area contributed by atoms with E-state index in [4.69, 9.17) is 5.73 Å². The fourth-order valence-corrected chi connectivity index (χ4v) is 6.29. The van der Waals surface area contributed by atoms with Crippen LogP contribution >= 0.6 is 0 Å². The molecule has 0 heterocycles. The van der Waals surface area contributed by atoms with Gasteiger partial charge in [-0.3, -0.25) is 19.3 Å². The second-order valence-corrected chi connectivity index (χ2v) is 10.7. The number of likely N-dealkylation sites (N-methyl/N-ethyl adjacent to an activating group) is 1. The first-order valence-electron chi connectivity index (χ1n) is 12.6. The molecule has 202 valence electrons. The van der Waals surface area contributed by atoms with Crippen molar-refractivity contribution >= 4 is 35.4 Å². The quantitative estimate of drug-likeness (QED) is 0.297. The van der Waals surface area contributed by atoms with E-state index in [9.17, 15) is 34.8 Å². The van der Waals surface area contributed by atoms with Gasteiger partial charge in [0.05, 0.1) is 11.6 Å². The number of carbonyl (C=O) groups is 3. The van der Waals surface area contributed by atoms with Crippen LogP contribution in [0.25, 0.3) is 17.9 Å². The third kappa shape index (κ3) is 3.88. The van der Waals surface area contributed by atoms with E-state index in [1.807, 2.05) is 43.3 Å². The second-order valence-electron chi connectivity index (χ2n) is 10.7. The molecule has 39 heavy (non-hydrogen) atoms. The van der Waals surface area contributed by atoms with Crippen molar-refractivity contribution in [2.24, 2.45) is 17.6 Å². The number of amides is 1. The highest BCUT2D eigenvalue weighted by atomic mass is 16.3. The highest BCUT2D eigenvalue weighted by Gasteiger charge is 2.64. The molecule has 3 aliphatic carbocycles. The number of phenolic OH excluding ortho intramolecular Hbond substituents is 1. The first kappa shape index (κ1) is 26.4. The minimum absolute atomic E-state index is 0.0442. The van der Waals surface area contributed by atoms with Gasteiger partial charge in [0.15, 0.2) is 11.4 Å². The molecule has 4 atom stereocenters. The number of fused-ring (bicyclic) bond motifs is 3. The van der Waals surface area contributed by atoms with Crippen molar-refractivity contribution in [2.45, 2.75) is 31.4 Å². The van der Waals surface area contributed by atoms with Crippen LogP contribution in [-0.4, -0.2) is 68.5 Å². The van der Waals surface area contributed by atoms with Gasteiger partial charge in [0, 0.05) is 11.5 Å². The van der Waals surface area contributed by atoms with E-state index in [2.05, 4.69) is 0 Å². The molecule has 1 amide bonds. The molecule has 1 fully saturated rings. The molecule has 0 aliphatic heterocycles. The van der Waals surface area contributed by atoms with Crippen molar-refractivity contribution < 1.29 is 34.8 Å². The lowest BCUT2D eigenvalue weighted by molar-refractivity contribution is -0.153. The summed E-state index contributed by atoms with van der Waals surface area (Å²) < 4.78 is 0. The Kier molecular flexibility index (Phi) is 6.24. The predicted octanol–water partition coefficient (Wildman–Crippen LogP) is 2.44. The SMILES string of the molecule is Cc1ccc(/C=C/c2ccc(O)c3c2C[C@H]2C[C@H]4[C@@H](N(C)C)C(=O)C(C(N)=O)=C(O)[C@]4(O)C(=O)C2=C3O)cc1. The highest BCUT2D eigenvalue weighted by Crippen LogP contribution is 2.53. The van der Waals surface area contributed by atoms with Crippen LogP contribution in [0.4, 0.5) is 0 Å². The summed E-state index contributed by atoms with van der Waals surface area (Å²) in [5.74, 6) is -6.65. The fraction of sp³-hybridized carbons (Fsp3) is 0.300. The van der Waals surface area contributed by atoms with E-state index in [0.29, 0.717) is 5.56 Å². The van der Waals surface area contributed by atoms with Crippen LogP contribution in [0.1, 0.15) is 34.2 Å². The number of nitrogens with two attached hydrogens (primary N) is 1. The lowest BCUT2D eigenvalue weighted by Gasteiger charge is -2.50. The van der Waals surface area contributed by atoms with Gasteiger partial charge in [-0.1, -0.05) is 48.0 Å². The zero-order valence-electron chi connectivity index (χ0n) is 21.8. The summed E-state index contributed by atoms with van der Waals surface area (Å²) in [6, 6.07) is 9.93. The third-order valence-electron chi connectivity index (χ3n) is 8.17. The maximum atomic E-state index is 13.9. The van der Waals surface area contributed by atoms with Crippen LogP contribution in [0.15, 0.2) is 53.3 Å². The van der Waals surface area contributed by atoms with Crippen molar-refractivity contribution in [3.05, 3.63) is 81.1 Å². The van der Waals surface area contributed by atoms with Crippen molar-refractivity contribution in [3.8, 4) is 5.75 Å². The molecule has 0 spiro atoms. The molecule has 1 saturated carbocycles. The van der Waals surface area contributed by atoms with Crippen LogP contribution < -0.4 is 5.73 Å². The van der Waals surface area contributed by atoms with E-state index in [0.717, 1.165) is 16.7 Å². The molecular weight excluding hydrogens is 500 g/mol. The third-order valence-corrected chi connectivity index (χ3v) is 8.17. The molecule has 0 radical (unpaired) electrons. The summed E-state index contributed by atoms with van der Waals surface area (Å²) in [7, 11) is 3.14. The lowest BCUT2D eigenvalue weighted by Crippen LogP contribution is -2.65. The molecule has 3 aliphatic rings. The average Bonchev–Trinajstić information content (AvgIpc) is 2.86. The number of aryl methyl sites for hydroxylation is 1. The van der Waals surface area contributed by atoms with E-state index in [-0.39, 0.29) is 29.7 Å². The maximum Gasteiger partial charge on any atom is 0.255 e. The summed E-state index contributed by atoms with van der Waals surface area (Å²) in [6.07, 6.45) is 4.05. The van der Waals surface area contributed by atoms with E-state index in [1.54, 1.807) is 20.2 Å². The van der Waals surface area contributed by atoms with Crippen molar-refractivity contribution in [3.63, 3.8) is 0 Å². The minimum Gasteiger partial charge on any atom is -0.508 e. The molecule has 0 saturated heterocycles. The van der Waals surface area contributed by atoms with E-state index >= 15 is 0 Å². The summed E-state index contributed by atoms with van der Waals surface area (Å²) in [5.41, 5.74) is 5.19. The lowest BCUT2D eigenvalue weighted by atomic mass is 9.57. The Morgan fingerprint density at radius 1 is 1.05 bits per heavy atom. The van der Waals surface area contributed by atoms with Crippen LogP contribution in [0, 0.1) is 18.8 Å². The van der Waals surface area contributed by atoms with Crippen molar-refractivity contribution in [1.29, 1.82) is 0 Å². The average molecular weight is 531 g/mol. The van der Waals surface area contributed by atoms with Gasteiger partial charge < -0.3 is 26.2 Å². The normalized spacial score (nSPS) is 26.6. The van der Waals surface area contributed by atoms with Crippen molar-refractivity contribution in [2.75, 3.05) is 14.1 Å². The number of nitrogens with zero attached hydrogens (tertiary/aromatic N) is 1. The Labute approximate surface area is 225 Å². The largest absolute Gasteiger partial charge is 0.508 e. The summed E-state index contributed by atoms with van der Waals surface area (Å²) >= 11 is 0. The number of aliphatic hydroxyl groups excluding tert-OH is 2. The molecular formula is C30H30N2O7. The zero-order valence-corrected chi connectivity index (χ0v) is 21.8. The minimum atomic E-state index is -2.65. The number of aromatic hydroxyl groups is 1. The first-order valence-corrected chi connectivity index (χ1v) is 12.6. The van der Waals surface area contributed by atoms with Gasteiger partial charge in [-0.05, 0) is 62.5 Å². The topological polar surface area (TPSA) is 161 Å². The number of hydrogen-bond acceptors (Lipinski definition) is 8. The molecule has 6 N–H and O–H groups in total. The molecule has 9 heteroatoms. The Morgan fingerprint density at radius 3 is 2.33 bits per heavy atom. The van der Waals surface area contributed by atoms with Crippen molar-refractivity contribution in [1.82, 2.24) is 4.90 Å². The number of Topliss-reactive ketones (excluding diaryl/α,β-unsaturated/α-hetero) is 2. The van der Waals surface area contributed by atoms with Gasteiger partial charge in [0.1, 0.15) is 22.8 Å². The monoisotopic (exact) mass is 530 g/mol. The van der Waals surface area contributed by atoms with Gasteiger partial charge in [-0.2, -0.15) is 0 Å². The zero-order chi connectivity index (χ0) is 28.4. The molecule has 0 bridgehead atoms. The van der Waals surface area contributed by atoms with Gasteiger partial charge in [-0.15, -0.1) is 0 Å². The second kappa shape index (κ2) is 9.21. The molecule has 9 nitrogen and oxygen atoms in total. The molecule has 0 aromatic heterocycles. The van der Waals surface area contributed by atoms with Crippen LogP contribution in [0.3, 0.4) is 0 Å². The Balaban J connectivity index is 1.66. The van der Waals surface area contributed by atoms with Gasteiger partial charge in [0.25, 0.3) is 5.91 Å². The number of hydrogen-bond donors (Lipinski definition) is 5.